The summed E-state index contributed by atoms with van der Waals surface area (Å²) in [6, 6.07) is 0.264. The molecular weight excluding hydrogens is 185 g/mol. The smallest absolute Gasteiger partial charge is 0.382 e. The Morgan fingerprint density at radius 3 is 2.46 bits per heavy atom. The largest absolute Gasteiger partial charge is 0.415 e. The Balaban J connectivity index is 2.20. The summed E-state index contributed by atoms with van der Waals surface area (Å²) in [4.78, 5) is 1.57. The standard InChI is InChI=1S/C7H13F3N2O/c1-11-5-2-12(3-5)4-6(13)7(8,9)10/h5-6,11,13H,2-4H2,1H3. The summed E-state index contributed by atoms with van der Waals surface area (Å²) in [6.07, 6.45) is -6.71. The van der Waals surface area contributed by atoms with Crippen LogP contribution in [0.15, 0.2) is 0 Å². The van der Waals surface area contributed by atoms with Gasteiger partial charge in [0.2, 0.25) is 0 Å². The number of hydrogen-bond donors (Lipinski definition) is 2. The molecule has 1 aliphatic rings. The van der Waals surface area contributed by atoms with E-state index in [2.05, 4.69) is 5.32 Å². The van der Waals surface area contributed by atoms with Crippen LogP contribution in [0, 0.1) is 0 Å². The van der Waals surface area contributed by atoms with Crippen molar-refractivity contribution in [3.05, 3.63) is 0 Å². The highest BCUT2D eigenvalue weighted by Crippen LogP contribution is 2.22. The molecule has 0 bridgehead atoms. The van der Waals surface area contributed by atoms with Gasteiger partial charge in [-0.25, -0.2) is 0 Å². The number of aliphatic hydroxyl groups excluding tert-OH is 1. The fourth-order valence-corrected chi connectivity index (χ4v) is 1.25. The first-order chi connectivity index (χ1) is 5.93. The number of β-amino-alcohol motifs (C(OH)–C–C–N with tert-alkyl or cyclic N) is 1. The predicted octanol–water partition coefficient (Wildman–Crippen LogP) is -0.187. The number of nitrogens with zero attached hydrogens (tertiary/aromatic N) is 1. The molecule has 1 aliphatic heterocycles. The second-order valence-electron chi connectivity index (χ2n) is 3.26. The van der Waals surface area contributed by atoms with Crippen LogP contribution in [-0.2, 0) is 0 Å². The molecule has 6 heteroatoms. The van der Waals surface area contributed by atoms with Gasteiger partial charge in [-0.05, 0) is 7.05 Å². The predicted molar refractivity (Wildman–Crippen MR) is 41.3 cm³/mol. The molecule has 1 heterocycles. The molecule has 0 aliphatic carbocycles. The Morgan fingerprint density at radius 1 is 1.54 bits per heavy atom. The van der Waals surface area contributed by atoms with Crippen LogP contribution in [0.2, 0.25) is 0 Å². The number of likely N-dealkylation sites (N-methyl/N-ethyl adjacent to an activating group) is 1. The summed E-state index contributed by atoms with van der Waals surface area (Å²) in [5, 5.41) is 11.6. The molecule has 0 aromatic rings. The lowest BCUT2D eigenvalue weighted by Crippen LogP contribution is -2.59. The maximum Gasteiger partial charge on any atom is 0.415 e. The van der Waals surface area contributed by atoms with Crippen LogP contribution < -0.4 is 5.32 Å². The monoisotopic (exact) mass is 198 g/mol. The van der Waals surface area contributed by atoms with Gasteiger partial charge in [0.05, 0.1) is 0 Å². The third kappa shape index (κ3) is 2.82. The third-order valence-corrected chi connectivity index (χ3v) is 2.17. The molecule has 2 N–H and O–H groups in total. The summed E-state index contributed by atoms with van der Waals surface area (Å²) in [6.45, 7) is 0.828. The molecule has 0 spiro atoms. The van der Waals surface area contributed by atoms with E-state index in [0.29, 0.717) is 13.1 Å². The number of rotatable bonds is 3. The van der Waals surface area contributed by atoms with Gasteiger partial charge in [-0.2, -0.15) is 13.2 Å². The zero-order valence-electron chi connectivity index (χ0n) is 7.30. The lowest BCUT2D eigenvalue weighted by molar-refractivity contribution is -0.210. The maximum atomic E-state index is 11.9. The summed E-state index contributed by atoms with van der Waals surface area (Å²) >= 11 is 0. The minimum absolute atomic E-state index is 0.264. The molecule has 0 aromatic heterocycles. The molecule has 1 rings (SSSR count). The lowest BCUT2D eigenvalue weighted by atomic mass is 10.1. The van der Waals surface area contributed by atoms with E-state index < -0.39 is 12.3 Å². The summed E-state index contributed by atoms with van der Waals surface area (Å²) in [7, 11) is 1.77. The van der Waals surface area contributed by atoms with E-state index in [-0.39, 0.29) is 12.6 Å². The van der Waals surface area contributed by atoms with Crippen LogP contribution in [0.5, 0.6) is 0 Å². The van der Waals surface area contributed by atoms with Crippen LogP contribution in [-0.4, -0.2) is 55.0 Å². The highest BCUT2D eigenvalue weighted by Gasteiger charge is 2.41. The van der Waals surface area contributed by atoms with Gasteiger partial charge in [0.1, 0.15) is 0 Å². The highest BCUT2D eigenvalue weighted by atomic mass is 19.4. The molecule has 0 saturated carbocycles. The van der Waals surface area contributed by atoms with Crippen molar-refractivity contribution in [2.24, 2.45) is 0 Å². The molecule has 3 nitrogen and oxygen atoms in total. The van der Waals surface area contributed by atoms with Crippen molar-refractivity contribution in [3.8, 4) is 0 Å². The van der Waals surface area contributed by atoms with Gasteiger partial charge in [0.15, 0.2) is 6.10 Å². The first kappa shape index (κ1) is 10.7. The average molecular weight is 198 g/mol. The van der Waals surface area contributed by atoms with Crippen LogP contribution in [0.25, 0.3) is 0 Å². The van der Waals surface area contributed by atoms with Gasteiger partial charge in [-0.15, -0.1) is 0 Å². The summed E-state index contributed by atoms with van der Waals surface area (Å²) < 4.78 is 35.6. The Kier molecular flexibility index (Phi) is 3.15. The van der Waals surface area contributed by atoms with Crippen molar-refractivity contribution < 1.29 is 18.3 Å². The van der Waals surface area contributed by atoms with Crippen molar-refractivity contribution in [1.29, 1.82) is 0 Å². The normalized spacial score (nSPS) is 22.8. The Morgan fingerprint density at radius 2 is 2.08 bits per heavy atom. The van der Waals surface area contributed by atoms with Crippen LogP contribution in [0.4, 0.5) is 13.2 Å². The SMILES string of the molecule is CNC1CN(CC(O)C(F)(F)F)C1. The number of nitrogens with one attached hydrogen (secondary N) is 1. The van der Waals surface area contributed by atoms with E-state index in [9.17, 15) is 13.2 Å². The maximum absolute atomic E-state index is 11.9. The first-order valence-corrected chi connectivity index (χ1v) is 4.08. The topological polar surface area (TPSA) is 35.5 Å². The molecule has 0 aromatic carbocycles. The van der Waals surface area contributed by atoms with Gasteiger partial charge in [0.25, 0.3) is 0 Å². The van der Waals surface area contributed by atoms with Crippen LogP contribution in [0.3, 0.4) is 0 Å². The minimum Gasteiger partial charge on any atom is -0.382 e. The quantitative estimate of drug-likeness (QED) is 0.660. The molecule has 0 amide bonds. The minimum atomic E-state index is -4.50. The molecule has 78 valence electrons. The van der Waals surface area contributed by atoms with E-state index in [1.165, 1.54) is 0 Å². The highest BCUT2D eigenvalue weighted by molar-refractivity contribution is 4.86. The van der Waals surface area contributed by atoms with E-state index in [1.54, 1.807) is 11.9 Å². The van der Waals surface area contributed by atoms with Crippen molar-refractivity contribution in [2.75, 3.05) is 26.7 Å². The van der Waals surface area contributed by atoms with Crippen molar-refractivity contribution in [1.82, 2.24) is 10.2 Å². The Labute approximate surface area is 74.5 Å². The zero-order chi connectivity index (χ0) is 10.1. The summed E-state index contributed by atoms with van der Waals surface area (Å²) in [5.74, 6) is 0. The fourth-order valence-electron chi connectivity index (χ4n) is 1.25. The van der Waals surface area contributed by atoms with E-state index >= 15 is 0 Å². The van der Waals surface area contributed by atoms with E-state index in [0.717, 1.165) is 0 Å². The molecule has 1 saturated heterocycles. The first-order valence-electron chi connectivity index (χ1n) is 4.08. The third-order valence-electron chi connectivity index (χ3n) is 2.17. The van der Waals surface area contributed by atoms with E-state index in [4.69, 9.17) is 5.11 Å². The second-order valence-corrected chi connectivity index (χ2v) is 3.26. The fraction of sp³-hybridized carbons (Fsp3) is 1.00. The number of likely N-dealkylation sites (tertiary alicyclic amines) is 1. The summed E-state index contributed by atoms with van der Waals surface area (Å²) in [5.41, 5.74) is 0. The zero-order valence-corrected chi connectivity index (χ0v) is 7.30. The molecular formula is C7H13F3N2O. The Bertz CT molecular complexity index is 168. The van der Waals surface area contributed by atoms with E-state index in [1.807, 2.05) is 0 Å². The average Bonchev–Trinajstić information content (AvgIpc) is 1.93. The van der Waals surface area contributed by atoms with Gasteiger partial charge in [-0.3, -0.25) is 4.90 Å². The van der Waals surface area contributed by atoms with Gasteiger partial charge >= 0.3 is 6.18 Å². The number of hydrogen-bond acceptors (Lipinski definition) is 3. The van der Waals surface area contributed by atoms with Gasteiger partial charge in [0, 0.05) is 25.7 Å². The van der Waals surface area contributed by atoms with Crippen molar-refractivity contribution >= 4 is 0 Å². The van der Waals surface area contributed by atoms with Gasteiger partial charge < -0.3 is 10.4 Å². The number of halogens is 3. The van der Waals surface area contributed by atoms with Crippen LogP contribution in [0.1, 0.15) is 0 Å². The lowest BCUT2D eigenvalue weighted by Gasteiger charge is -2.40. The number of aliphatic hydroxyl groups is 1. The molecule has 13 heavy (non-hydrogen) atoms. The van der Waals surface area contributed by atoms with Crippen molar-refractivity contribution in [2.45, 2.75) is 18.3 Å². The van der Waals surface area contributed by atoms with Crippen molar-refractivity contribution in [3.63, 3.8) is 0 Å². The number of alkyl halides is 3. The molecule has 1 unspecified atom stereocenters. The Hall–Kier alpha value is -0.330. The second kappa shape index (κ2) is 3.81. The molecule has 1 fully saturated rings. The molecule has 1 atom stereocenters. The van der Waals surface area contributed by atoms with Gasteiger partial charge in [-0.1, -0.05) is 0 Å². The van der Waals surface area contributed by atoms with Crippen LogP contribution >= 0.6 is 0 Å². The molecule has 0 radical (unpaired) electrons.